The van der Waals surface area contributed by atoms with Crippen molar-refractivity contribution in [3.8, 4) is 0 Å². The number of rotatable bonds is 11. The van der Waals surface area contributed by atoms with E-state index in [4.69, 9.17) is 23.2 Å². The summed E-state index contributed by atoms with van der Waals surface area (Å²) >= 11 is 14.3. The zero-order chi connectivity index (χ0) is 15.5. The van der Waals surface area contributed by atoms with Crippen LogP contribution in [-0.2, 0) is 0 Å². The number of alkyl halides is 1. The third kappa shape index (κ3) is 7.57. The molecule has 1 rings (SSSR count). The van der Waals surface area contributed by atoms with Crippen molar-refractivity contribution < 1.29 is 0 Å². The van der Waals surface area contributed by atoms with Gasteiger partial charge in [-0.15, -0.1) is 11.6 Å². The lowest BCUT2D eigenvalue weighted by Crippen LogP contribution is -2.06. The first-order valence-electron chi connectivity index (χ1n) is 7.62. The molecule has 0 fully saturated rings. The van der Waals surface area contributed by atoms with Crippen LogP contribution in [0.4, 0.5) is 5.82 Å². The van der Waals surface area contributed by atoms with Gasteiger partial charge in [0.2, 0.25) is 0 Å². The van der Waals surface area contributed by atoms with E-state index in [1.165, 1.54) is 43.5 Å². The number of nitrogens with zero attached hydrogens (tertiary/aromatic N) is 2. The monoisotopic (exact) mass is 349 g/mol. The second-order valence-electron chi connectivity index (χ2n) is 4.99. The zero-order valence-electron chi connectivity index (χ0n) is 12.9. The molecule has 0 spiro atoms. The average Bonchev–Trinajstić information content (AvgIpc) is 2.46. The van der Waals surface area contributed by atoms with Crippen LogP contribution < -0.4 is 5.32 Å². The number of aromatic nitrogens is 2. The van der Waals surface area contributed by atoms with Crippen LogP contribution in [0, 0.1) is 0 Å². The van der Waals surface area contributed by atoms with Crippen LogP contribution in [0.1, 0.15) is 57.0 Å². The van der Waals surface area contributed by atoms with Gasteiger partial charge in [-0.1, -0.05) is 31.4 Å². The molecular formula is C15H25Cl2N3S. The van der Waals surface area contributed by atoms with Gasteiger partial charge in [0, 0.05) is 6.54 Å². The molecule has 1 aromatic heterocycles. The van der Waals surface area contributed by atoms with Crippen molar-refractivity contribution in [2.24, 2.45) is 0 Å². The van der Waals surface area contributed by atoms with Crippen molar-refractivity contribution in [3.63, 3.8) is 0 Å². The van der Waals surface area contributed by atoms with Gasteiger partial charge in [0.1, 0.15) is 17.2 Å². The molecule has 1 unspecified atom stereocenters. The molecule has 0 saturated heterocycles. The van der Waals surface area contributed by atoms with Gasteiger partial charge in [-0.2, -0.15) is 11.8 Å². The van der Waals surface area contributed by atoms with Crippen LogP contribution in [0.2, 0.25) is 5.02 Å². The van der Waals surface area contributed by atoms with Crippen molar-refractivity contribution in [1.82, 2.24) is 9.97 Å². The summed E-state index contributed by atoms with van der Waals surface area (Å²) in [5, 5.41) is 3.60. The normalized spacial score (nSPS) is 12.4. The van der Waals surface area contributed by atoms with Crippen molar-refractivity contribution >= 4 is 40.8 Å². The Bertz CT molecular complexity index is 403. The SMILES string of the molecule is CCCSCCCCCCNc1ncnc(C(C)Cl)c1Cl. The molecule has 0 aliphatic rings. The number of hydrogen-bond acceptors (Lipinski definition) is 4. The maximum absolute atomic E-state index is 6.24. The Labute approximate surface area is 142 Å². The molecule has 0 radical (unpaired) electrons. The molecule has 3 nitrogen and oxygen atoms in total. The summed E-state index contributed by atoms with van der Waals surface area (Å²) in [6.07, 6.45) is 7.75. The van der Waals surface area contributed by atoms with Crippen LogP contribution in [0.5, 0.6) is 0 Å². The maximum Gasteiger partial charge on any atom is 0.148 e. The molecule has 6 heteroatoms. The highest BCUT2D eigenvalue weighted by Crippen LogP contribution is 2.29. The maximum atomic E-state index is 6.24. The number of nitrogens with one attached hydrogen (secondary N) is 1. The molecule has 1 aromatic rings. The number of thioether (sulfide) groups is 1. The fourth-order valence-corrected chi connectivity index (χ4v) is 3.37. The van der Waals surface area contributed by atoms with Gasteiger partial charge in [-0.25, -0.2) is 9.97 Å². The first-order valence-corrected chi connectivity index (χ1v) is 9.59. The van der Waals surface area contributed by atoms with Gasteiger partial charge in [-0.05, 0) is 37.7 Å². The third-order valence-corrected chi connectivity index (χ3v) is 4.90. The summed E-state index contributed by atoms with van der Waals surface area (Å²) in [7, 11) is 0. The first kappa shape index (κ1) is 18.9. The van der Waals surface area contributed by atoms with Gasteiger partial charge in [0.25, 0.3) is 0 Å². The largest absolute Gasteiger partial charge is 0.369 e. The molecule has 0 bridgehead atoms. The highest BCUT2D eigenvalue weighted by Gasteiger charge is 2.12. The summed E-state index contributed by atoms with van der Waals surface area (Å²) in [4.78, 5) is 8.29. The fourth-order valence-electron chi connectivity index (χ4n) is 1.92. The molecular weight excluding hydrogens is 325 g/mol. The van der Waals surface area contributed by atoms with Gasteiger partial charge < -0.3 is 5.32 Å². The van der Waals surface area contributed by atoms with Crippen molar-refractivity contribution in [3.05, 3.63) is 17.0 Å². The molecule has 1 heterocycles. The minimum absolute atomic E-state index is 0.207. The minimum Gasteiger partial charge on any atom is -0.369 e. The fraction of sp³-hybridized carbons (Fsp3) is 0.733. The van der Waals surface area contributed by atoms with E-state index >= 15 is 0 Å². The van der Waals surface area contributed by atoms with E-state index in [0.29, 0.717) is 16.5 Å². The van der Waals surface area contributed by atoms with Crippen LogP contribution in [0.25, 0.3) is 0 Å². The van der Waals surface area contributed by atoms with Crippen LogP contribution in [0.15, 0.2) is 6.33 Å². The van der Waals surface area contributed by atoms with E-state index in [0.717, 1.165) is 13.0 Å². The number of halogens is 2. The summed E-state index contributed by atoms with van der Waals surface area (Å²) in [5.74, 6) is 3.26. The van der Waals surface area contributed by atoms with Gasteiger partial charge in [0.15, 0.2) is 0 Å². The van der Waals surface area contributed by atoms with Gasteiger partial charge in [-0.3, -0.25) is 0 Å². The van der Waals surface area contributed by atoms with E-state index < -0.39 is 0 Å². The lowest BCUT2D eigenvalue weighted by Gasteiger charge is -2.11. The quantitative estimate of drug-likeness (QED) is 0.420. The van der Waals surface area contributed by atoms with E-state index in [1.54, 1.807) is 0 Å². The standard InChI is InChI=1S/C15H25Cl2N3S/c1-3-9-21-10-7-5-4-6-8-18-15-13(17)14(12(2)16)19-11-20-15/h11-12H,3-10H2,1-2H3,(H,18,19,20). The Morgan fingerprint density at radius 1 is 1.19 bits per heavy atom. The van der Waals surface area contributed by atoms with Crippen molar-refractivity contribution in [1.29, 1.82) is 0 Å². The molecule has 1 N–H and O–H groups in total. The van der Waals surface area contributed by atoms with E-state index in [9.17, 15) is 0 Å². The minimum atomic E-state index is -0.207. The Morgan fingerprint density at radius 2 is 1.95 bits per heavy atom. The van der Waals surface area contributed by atoms with Gasteiger partial charge in [0.05, 0.1) is 11.1 Å². The Morgan fingerprint density at radius 3 is 2.67 bits per heavy atom. The van der Waals surface area contributed by atoms with Crippen LogP contribution in [0.3, 0.4) is 0 Å². The lowest BCUT2D eigenvalue weighted by molar-refractivity contribution is 0.688. The smallest absolute Gasteiger partial charge is 0.148 e. The predicted molar refractivity (Wildman–Crippen MR) is 95.9 cm³/mol. The van der Waals surface area contributed by atoms with E-state index in [1.807, 2.05) is 6.92 Å². The number of hydrogen-bond donors (Lipinski definition) is 1. The van der Waals surface area contributed by atoms with Crippen molar-refractivity contribution in [2.45, 2.75) is 51.3 Å². The van der Waals surface area contributed by atoms with Crippen LogP contribution >= 0.6 is 35.0 Å². The molecule has 0 aromatic carbocycles. The molecule has 0 saturated carbocycles. The molecule has 0 aliphatic heterocycles. The molecule has 0 amide bonds. The molecule has 1 atom stereocenters. The van der Waals surface area contributed by atoms with Gasteiger partial charge >= 0.3 is 0 Å². The summed E-state index contributed by atoms with van der Waals surface area (Å²) in [6.45, 7) is 4.97. The first-order chi connectivity index (χ1) is 10.2. The summed E-state index contributed by atoms with van der Waals surface area (Å²) in [5.41, 5.74) is 0.684. The highest BCUT2D eigenvalue weighted by molar-refractivity contribution is 7.99. The summed E-state index contributed by atoms with van der Waals surface area (Å²) in [6, 6.07) is 0. The second-order valence-corrected chi connectivity index (χ2v) is 7.25. The highest BCUT2D eigenvalue weighted by atomic mass is 35.5. The van der Waals surface area contributed by atoms with E-state index in [2.05, 4.69) is 34.0 Å². The Balaban J connectivity index is 2.17. The Kier molecular flexibility index (Phi) is 10.2. The zero-order valence-corrected chi connectivity index (χ0v) is 15.2. The topological polar surface area (TPSA) is 37.8 Å². The summed E-state index contributed by atoms with van der Waals surface area (Å²) < 4.78 is 0. The Hall–Kier alpha value is -0.190. The predicted octanol–water partition coefficient (Wildman–Crippen LogP) is 5.55. The lowest BCUT2D eigenvalue weighted by atomic mass is 10.2. The van der Waals surface area contributed by atoms with Crippen molar-refractivity contribution in [2.75, 3.05) is 23.4 Å². The molecule has 120 valence electrons. The van der Waals surface area contributed by atoms with E-state index in [-0.39, 0.29) is 5.38 Å². The third-order valence-electron chi connectivity index (χ3n) is 3.05. The molecule has 0 aliphatic carbocycles. The second kappa shape index (κ2) is 11.4. The number of anilines is 1. The average molecular weight is 350 g/mol. The number of unbranched alkanes of at least 4 members (excludes halogenated alkanes) is 3. The molecule has 21 heavy (non-hydrogen) atoms. The van der Waals surface area contributed by atoms with Crippen LogP contribution in [-0.4, -0.2) is 28.0 Å².